The molecule has 3 aliphatic heterocycles. The van der Waals surface area contributed by atoms with E-state index in [1.807, 2.05) is 35.2 Å². The summed E-state index contributed by atoms with van der Waals surface area (Å²) in [7, 11) is 2.10. The van der Waals surface area contributed by atoms with E-state index in [0.29, 0.717) is 19.5 Å². The van der Waals surface area contributed by atoms with Crippen LogP contribution < -0.4 is 10.2 Å². The standard InChI is InChI=1S/C26H32N4O3/c1-28-20(8-11-24(32)30-15-12-19-4-2-3-5-22(19)30)16-27-26(33)25-23(28)13-14-29(25)17-18-6-9-21(31)10-7-18/h2-7,9-10,20,23,25,31H,8,11-17H2,1H3,(H,27,33)/t20-,23-,25-/m0/s1. The fourth-order valence-electron chi connectivity index (χ4n) is 5.68. The van der Waals surface area contributed by atoms with Gasteiger partial charge in [0, 0.05) is 50.4 Å². The lowest BCUT2D eigenvalue weighted by atomic mass is 10.0. The number of aromatic hydroxyl groups is 1. The van der Waals surface area contributed by atoms with E-state index in [4.69, 9.17) is 0 Å². The van der Waals surface area contributed by atoms with Gasteiger partial charge < -0.3 is 15.3 Å². The van der Waals surface area contributed by atoms with Crippen molar-refractivity contribution >= 4 is 17.5 Å². The molecule has 3 heterocycles. The Morgan fingerprint density at radius 1 is 1.12 bits per heavy atom. The van der Waals surface area contributed by atoms with Crippen LogP contribution in [-0.2, 0) is 22.6 Å². The quantitative estimate of drug-likeness (QED) is 0.733. The molecule has 0 aromatic heterocycles. The Morgan fingerprint density at radius 2 is 1.91 bits per heavy atom. The predicted molar refractivity (Wildman–Crippen MR) is 127 cm³/mol. The molecule has 2 fully saturated rings. The predicted octanol–water partition coefficient (Wildman–Crippen LogP) is 2.13. The second-order valence-electron chi connectivity index (χ2n) is 9.46. The number of carbonyl (C=O) groups is 2. The molecule has 2 amide bonds. The monoisotopic (exact) mass is 448 g/mol. The van der Waals surface area contributed by atoms with Crippen LogP contribution >= 0.6 is 0 Å². The van der Waals surface area contributed by atoms with Crippen molar-refractivity contribution in [3.8, 4) is 5.75 Å². The van der Waals surface area contributed by atoms with Crippen LogP contribution in [0, 0.1) is 0 Å². The number of fused-ring (bicyclic) bond motifs is 2. The van der Waals surface area contributed by atoms with Crippen LogP contribution in [0.2, 0.25) is 0 Å². The summed E-state index contributed by atoms with van der Waals surface area (Å²) in [6, 6.07) is 15.4. The van der Waals surface area contributed by atoms with E-state index in [-0.39, 0.29) is 35.7 Å². The van der Waals surface area contributed by atoms with Gasteiger partial charge in [-0.15, -0.1) is 0 Å². The van der Waals surface area contributed by atoms with E-state index >= 15 is 0 Å². The number of hydrogen-bond acceptors (Lipinski definition) is 5. The van der Waals surface area contributed by atoms with Gasteiger partial charge in [0.1, 0.15) is 11.8 Å². The number of phenolic OH excluding ortho intramolecular Hbond substituents is 1. The van der Waals surface area contributed by atoms with Gasteiger partial charge in [0.2, 0.25) is 11.8 Å². The molecule has 0 bridgehead atoms. The maximum Gasteiger partial charge on any atom is 0.239 e. The van der Waals surface area contributed by atoms with Crippen molar-refractivity contribution in [3.05, 3.63) is 59.7 Å². The third kappa shape index (κ3) is 4.35. The number of amides is 2. The van der Waals surface area contributed by atoms with Crippen molar-refractivity contribution in [1.29, 1.82) is 0 Å². The van der Waals surface area contributed by atoms with E-state index in [2.05, 4.69) is 28.2 Å². The van der Waals surface area contributed by atoms with Crippen LogP contribution in [0.15, 0.2) is 48.5 Å². The minimum Gasteiger partial charge on any atom is -0.508 e. The molecule has 0 saturated carbocycles. The highest BCUT2D eigenvalue weighted by atomic mass is 16.3. The third-order valence-electron chi connectivity index (χ3n) is 7.55. The Labute approximate surface area is 195 Å². The second kappa shape index (κ2) is 9.15. The number of carbonyl (C=O) groups excluding carboxylic acids is 2. The third-order valence-corrected chi connectivity index (χ3v) is 7.55. The van der Waals surface area contributed by atoms with Crippen LogP contribution in [0.1, 0.15) is 30.4 Å². The minimum absolute atomic E-state index is 0.0745. The Hall–Kier alpha value is -2.90. The number of nitrogens with zero attached hydrogens (tertiary/aromatic N) is 3. The van der Waals surface area contributed by atoms with Gasteiger partial charge in [0.25, 0.3) is 0 Å². The number of anilines is 1. The van der Waals surface area contributed by atoms with E-state index in [1.54, 1.807) is 12.1 Å². The average Bonchev–Trinajstić information content (AvgIpc) is 3.41. The van der Waals surface area contributed by atoms with Gasteiger partial charge in [-0.2, -0.15) is 0 Å². The van der Waals surface area contributed by atoms with Gasteiger partial charge >= 0.3 is 0 Å². The summed E-state index contributed by atoms with van der Waals surface area (Å²) in [5.41, 5.74) is 3.37. The molecule has 3 aliphatic rings. The highest BCUT2D eigenvalue weighted by molar-refractivity contribution is 5.95. The SMILES string of the molecule is CN1[C@@H](CCC(=O)N2CCc3ccccc32)CNC(=O)[C@@H]2[C@@H]1CCN2Cc1ccc(O)cc1. The van der Waals surface area contributed by atoms with Crippen molar-refractivity contribution in [2.24, 2.45) is 0 Å². The highest BCUT2D eigenvalue weighted by Crippen LogP contribution is 2.31. The molecule has 33 heavy (non-hydrogen) atoms. The van der Waals surface area contributed by atoms with Crippen LogP contribution in [0.25, 0.3) is 0 Å². The summed E-state index contributed by atoms with van der Waals surface area (Å²) in [5, 5.41) is 12.7. The Morgan fingerprint density at radius 3 is 2.73 bits per heavy atom. The molecule has 0 unspecified atom stereocenters. The van der Waals surface area contributed by atoms with Crippen molar-refractivity contribution in [2.45, 2.75) is 50.4 Å². The Bertz CT molecular complexity index is 1020. The van der Waals surface area contributed by atoms with Gasteiger partial charge in [-0.05, 0) is 55.6 Å². The summed E-state index contributed by atoms with van der Waals surface area (Å²) in [5.74, 6) is 0.492. The molecule has 2 N–H and O–H groups in total. The van der Waals surface area contributed by atoms with E-state index in [0.717, 1.165) is 43.6 Å². The van der Waals surface area contributed by atoms with Crippen molar-refractivity contribution in [2.75, 3.05) is 31.6 Å². The molecule has 174 valence electrons. The topological polar surface area (TPSA) is 76.1 Å². The summed E-state index contributed by atoms with van der Waals surface area (Å²) < 4.78 is 0. The van der Waals surface area contributed by atoms with Gasteiger partial charge in [0.15, 0.2) is 0 Å². The minimum atomic E-state index is -0.199. The molecule has 0 radical (unpaired) electrons. The Balaban J connectivity index is 1.22. The van der Waals surface area contributed by atoms with Gasteiger partial charge in [-0.1, -0.05) is 30.3 Å². The fourth-order valence-corrected chi connectivity index (χ4v) is 5.68. The number of hydrogen-bond donors (Lipinski definition) is 2. The van der Waals surface area contributed by atoms with Gasteiger partial charge in [0.05, 0.1) is 0 Å². The molecule has 2 aromatic rings. The lowest BCUT2D eigenvalue weighted by Crippen LogP contribution is -2.49. The molecule has 7 heteroatoms. The number of para-hydroxylation sites is 1. The number of rotatable bonds is 5. The molecule has 0 spiro atoms. The number of phenols is 1. The van der Waals surface area contributed by atoms with Crippen molar-refractivity contribution < 1.29 is 14.7 Å². The first-order chi connectivity index (χ1) is 16.0. The fraction of sp³-hybridized carbons (Fsp3) is 0.462. The first-order valence-corrected chi connectivity index (χ1v) is 11.9. The molecule has 2 aromatic carbocycles. The van der Waals surface area contributed by atoms with Crippen molar-refractivity contribution in [3.63, 3.8) is 0 Å². The van der Waals surface area contributed by atoms with Crippen LogP contribution in [0.4, 0.5) is 5.69 Å². The van der Waals surface area contributed by atoms with E-state index in [9.17, 15) is 14.7 Å². The normalized spacial score (nSPS) is 25.4. The average molecular weight is 449 g/mol. The number of benzene rings is 2. The van der Waals surface area contributed by atoms with Crippen molar-refractivity contribution in [1.82, 2.24) is 15.1 Å². The molecule has 5 rings (SSSR count). The molecular weight excluding hydrogens is 416 g/mol. The number of nitrogens with one attached hydrogen (secondary N) is 1. The first kappa shape index (κ1) is 21.9. The summed E-state index contributed by atoms with van der Waals surface area (Å²) in [6.45, 7) is 2.86. The van der Waals surface area contributed by atoms with Gasteiger partial charge in [-0.25, -0.2) is 0 Å². The summed E-state index contributed by atoms with van der Waals surface area (Å²) in [6.07, 6.45) is 3.06. The smallest absolute Gasteiger partial charge is 0.239 e. The van der Waals surface area contributed by atoms with E-state index < -0.39 is 0 Å². The summed E-state index contributed by atoms with van der Waals surface area (Å²) in [4.78, 5) is 32.5. The highest BCUT2D eigenvalue weighted by Gasteiger charge is 2.45. The maximum absolute atomic E-state index is 13.0. The van der Waals surface area contributed by atoms with E-state index in [1.165, 1.54) is 5.56 Å². The van der Waals surface area contributed by atoms with Crippen LogP contribution in [-0.4, -0.2) is 71.5 Å². The number of likely N-dealkylation sites (tertiary alicyclic amines) is 1. The zero-order chi connectivity index (χ0) is 22.9. The first-order valence-electron chi connectivity index (χ1n) is 11.9. The zero-order valence-corrected chi connectivity index (χ0v) is 19.1. The lowest BCUT2D eigenvalue weighted by molar-refractivity contribution is -0.126. The Kier molecular flexibility index (Phi) is 6.08. The summed E-state index contributed by atoms with van der Waals surface area (Å²) >= 11 is 0. The van der Waals surface area contributed by atoms with Crippen LogP contribution in [0.3, 0.4) is 0 Å². The zero-order valence-electron chi connectivity index (χ0n) is 19.1. The molecule has 2 saturated heterocycles. The molecule has 0 aliphatic carbocycles. The second-order valence-corrected chi connectivity index (χ2v) is 9.46. The van der Waals surface area contributed by atoms with Crippen LogP contribution in [0.5, 0.6) is 5.75 Å². The number of likely N-dealkylation sites (N-methyl/N-ethyl adjacent to an activating group) is 1. The van der Waals surface area contributed by atoms with Gasteiger partial charge in [-0.3, -0.25) is 19.4 Å². The molecular formula is C26H32N4O3. The maximum atomic E-state index is 13.0. The molecule has 7 nitrogen and oxygen atoms in total. The molecule has 3 atom stereocenters. The lowest BCUT2D eigenvalue weighted by Gasteiger charge is -2.33. The largest absolute Gasteiger partial charge is 0.508 e.